The molecular formula is C20H14N4O. The van der Waals surface area contributed by atoms with Crippen LogP contribution >= 0.6 is 0 Å². The van der Waals surface area contributed by atoms with Gasteiger partial charge in [0.2, 0.25) is 5.82 Å². The monoisotopic (exact) mass is 326 g/mol. The largest absolute Gasteiger partial charge is 0.461 e. The summed E-state index contributed by atoms with van der Waals surface area (Å²) in [6, 6.07) is 20.2. The molecule has 0 bridgehead atoms. The molecule has 0 amide bonds. The molecule has 120 valence electrons. The molecule has 0 radical (unpaired) electrons. The maximum absolute atomic E-state index is 5.50. The summed E-state index contributed by atoms with van der Waals surface area (Å²) in [4.78, 5) is 0. The lowest BCUT2D eigenvalue weighted by Crippen LogP contribution is -1.99. The van der Waals surface area contributed by atoms with Crippen molar-refractivity contribution in [3.63, 3.8) is 0 Å². The van der Waals surface area contributed by atoms with Crippen LogP contribution in [-0.4, -0.2) is 19.8 Å². The van der Waals surface area contributed by atoms with Gasteiger partial charge in [-0.05, 0) is 19.1 Å². The lowest BCUT2D eigenvalue weighted by molar-refractivity contribution is 0.574. The first-order valence-corrected chi connectivity index (χ1v) is 8.06. The lowest BCUT2D eigenvalue weighted by Gasteiger charge is -2.08. The smallest absolute Gasteiger partial charge is 0.220 e. The predicted molar refractivity (Wildman–Crippen MR) is 96.2 cm³/mol. The first kappa shape index (κ1) is 13.9. The highest BCUT2D eigenvalue weighted by Gasteiger charge is 2.17. The summed E-state index contributed by atoms with van der Waals surface area (Å²) in [5.41, 5.74) is 3.89. The second-order valence-corrected chi connectivity index (χ2v) is 6.00. The number of rotatable bonds is 2. The number of hydrogen-bond donors (Lipinski definition) is 0. The average Bonchev–Trinajstić information content (AvgIpc) is 3.31. The maximum atomic E-state index is 5.50. The van der Waals surface area contributed by atoms with E-state index in [0.29, 0.717) is 11.6 Å². The molecule has 0 aliphatic rings. The third kappa shape index (κ3) is 2.13. The first-order chi connectivity index (χ1) is 12.3. The Labute approximate surface area is 143 Å². The minimum atomic E-state index is 0.596. The van der Waals surface area contributed by atoms with Crippen molar-refractivity contribution in [2.75, 3.05) is 0 Å². The average molecular weight is 326 g/mol. The molecule has 0 unspecified atom stereocenters. The third-order valence-corrected chi connectivity index (χ3v) is 4.33. The Kier molecular flexibility index (Phi) is 2.94. The van der Waals surface area contributed by atoms with Gasteiger partial charge in [0, 0.05) is 16.3 Å². The van der Waals surface area contributed by atoms with Gasteiger partial charge >= 0.3 is 0 Å². The molecule has 0 saturated heterocycles. The van der Waals surface area contributed by atoms with E-state index in [1.807, 2.05) is 30.3 Å². The van der Waals surface area contributed by atoms with Gasteiger partial charge < -0.3 is 4.42 Å². The standard InChI is InChI=1S/C20H14N4O/c1-13-8-10-14(11-9-13)18-15-5-2-3-6-16(15)19-21-22-20(24(19)23-18)17-7-4-12-25-17/h2-12H,1H3. The quantitative estimate of drug-likeness (QED) is 0.479. The minimum absolute atomic E-state index is 0.596. The first-order valence-electron chi connectivity index (χ1n) is 8.06. The van der Waals surface area contributed by atoms with Crippen LogP contribution in [-0.2, 0) is 0 Å². The van der Waals surface area contributed by atoms with Gasteiger partial charge in [0.1, 0.15) is 0 Å². The van der Waals surface area contributed by atoms with E-state index in [1.54, 1.807) is 10.8 Å². The molecule has 5 aromatic rings. The van der Waals surface area contributed by atoms with E-state index >= 15 is 0 Å². The summed E-state index contributed by atoms with van der Waals surface area (Å²) < 4.78 is 7.26. The second kappa shape index (κ2) is 5.27. The van der Waals surface area contributed by atoms with Gasteiger partial charge in [-0.1, -0.05) is 54.1 Å². The second-order valence-electron chi connectivity index (χ2n) is 6.00. The molecule has 0 aliphatic heterocycles. The van der Waals surface area contributed by atoms with Gasteiger partial charge in [0.25, 0.3) is 0 Å². The Morgan fingerprint density at radius 3 is 2.40 bits per heavy atom. The summed E-state index contributed by atoms with van der Waals surface area (Å²) in [6.45, 7) is 2.08. The Balaban J connectivity index is 1.89. The van der Waals surface area contributed by atoms with E-state index in [4.69, 9.17) is 9.52 Å². The van der Waals surface area contributed by atoms with E-state index in [1.165, 1.54) is 5.56 Å². The zero-order valence-electron chi connectivity index (χ0n) is 13.5. The lowest BCUT2D eigenvalue weighted by atomic mass is 10.0. The predicted octanol–water partition coefficient (Wildman–Crippen LogP) is 4.51. The molecule has 0 aliphatic carbocycles. The van der Waals surface area contributed by atoms with Crippen molar-refractivity contribution in [2.45, 2.75) is 6.92 Å². The van der Waals surface area contributed by atoms with Crippen LogP contribution in [0.15, 0.2) is 71.3 Å². The highest BCUT2D eigenvalue weighted by atomic mass is 16.3. The molecule has 0 spiro atoms. The zero-order chi connectivity index (χ0) is 16.8. The van der Waals surface area contributed by atoms with E-state index in [9.17, 15) is 0 Å². The SMILES string of the molecule is Cc1ccc(-c2nn3c(-c4ccco4)nnc3c3ccccc23)cc1. The molecule has 5 heteroatoms. The molecule has 0 atom stereocenters. The van der Waals surface area contributed by atoms with Crippen LogP contribution in [0.25, 0.3) is 39.3 Å². The Hall–Kier alpha value is -3.47. The summed E-state index contributed by atoms with van der Waals surface area (Å²) in [6.07, 6.45) is 1.62. The van der Waals surface area contributed by atoms with Crippen molar-refractivity contribution >= 4 is 16.4 Å². The van der Waals surface area contributed by atoms with E-state index in [0.717, 1.165) is 27.7 Å². The molecule has 5 nitrogen and oxygen atoms in total. The summed E-state index contributed by atoms with van der Waals surface area (Å²) in [5, 5.41) is 15.6. The number of benzene rings is 2. The summed E-state index contributed by atoms with van der Waals surface area (Å²) in [5.74, 6) is 1.24. The fraction of sp³-hybridized carbons (Fsp3) is 0.0500. The van der Waals surface area contributed by atoms with Gasteiger partial charge in [-0.3, -0.25) is 0 Å². The van der Waals surface area contributed by atoms with Crippen LogP contribution in [0, 0.1) is 6.92 Å². The van der Waals surface area contributed by atoms with Crippen molar-refractivity contribution in [1.82, 2.24) is 19.8 Å². The summed E-state index contributed by atoms with van der Waals surface area (Å²) >= 11 is 0. The van der Waals surface area contributed by atoms with Gasteiger partial charge in [-0.25, -0.2) is 0 Å². The molecule has 0 N–H and O–H groups in total. The Morgan fingerprint density at radius 1 is 0.840 bits per heavy atom. The highest BCUT2D eigenvalue weighted by Crippen LogP contribution is 2.30. The number of fused-ring (bicyclic) bond motifs is 3. The zero-order valence-corrected chi connectivity index (χ0v) is 13.5. The van der Waals surface area contributed by atoms with E-state index in [2.05, 4.69) is 47.5 Å². The van der Waals surface area contributed by atoms with E-state index < -0.39 is 0 Å². The molecule has 3 aromatic heterocycles. The van der Waals surface area contributed by atoms with Crippen molar-refractivity contribution in [3.8, 4) is 22.8 Å². The molecule has 2 aromatic carbocycles. The van der Waals surface area contributed by atoms with Crippen LogP contribution in [0.2, 0.25) is 0 Å². The van der Waals surface area contributed by atoms with Crippen LogP contribution in [0.4, 0.5) is 0 Å². The van der Waals surface area contributed by atoms with Gasteiger partial charge in [-0.2, -0.15) is 9.61 Å². The normalized spacial score (nSPS) is 11.4. The number of furan rings is 1. The van der Waals surface area contributed by atoms with Crippen molar-refractivity contribution in [2.24, 2.45) is 0 Å². The van der Waals surface area contributed by atoms with Gasteiger partial charge in [0.15, 0.2) is 11.4 Å². The maximum Gasteiger partial charge on any atom is 0.220 e. The summed E-state index contributed by atoms with van der Waals surface area (Å²) in [7, 11) is 0. The molecule has 0 fully saturated rings. The van der Waals surface area contributed by atoms with Crippen molar-refractivity contribution in [3.05, 3.63) is 72.5 Å². The number of aryl methyl sites for hydroxylation is 1. The highest BCUT2D eigenvalue weighted by molar-refractivity contribution is 6.01. The van der Waals surface area contributed by atoms with E-state index in [-0.39, 0.29) is 0 Å². The number of hydrogen-bond acceptors (Lipinski definition) is 4. The van der Waals surface area contributed by atoms with Crippen molar-refractivity contribution in [1.29, 1.82) is 0 Å². The molecule has 0 saturated carbocycles. The number of nitrogens with zero attached hydrogens (tertiary/aromatic N) is 4. The van der Waals surface area contributed by atoms with Crippen LogP contribution in [0.5, 0.6) is 0 Å². The molecule has 5 rings (SSSR count). The topological polar surface area (TPSA) is 56.2 Å². The Bertz CT molecular complexity index is 1190. The van der Waals surface area contributed by atoms with Crippen molar-refractivity contribution < 1.29 is 4.42 Å². The van der Waals surface area contributed by atoms with Gasteiger partial charge in [0.05, 0.1) is 12.0 Å². The minimum Gasteiger partial charge on any atom is -0.461 e. The molecular weight excluding hydrogens is 312 g/mol. The number of aromatic nitrogens is 4. The van der Waals surface area contributed by atoms with Crippen LogP contribution in [0.1, 0.15) is 5.56 Å². The third-order valence-electron chi connectivity index (χ3n) is 4.33. The molecule has 3 heterocycles. The molecule has 25 heavy (non-hydrogen) atoms. The fourth-order valence-electron chi connectivity index (χ4n) is 3.07. The van der Waals surface area contributed by atoms with Crippen LogP contribution in [0.3, 0.4) is 0 Å². The Morgan fingerprint density at radius 2 is 1.64 bits per heavy atom. The van der Waals surface area contributed by atoms with Crippen LogP contribution < -0.4 is 0 Å². The van der Waals surface area contributed by atoms with Gasteiger partial charge in [-0.15, -0.1) is 10.2 Å². The fourth-order valence-corrected chi connectivity index (χ4v) is 3.07.